The number of benzene rings is 4. The molecule has 2 spiro atoms. The van der Waals surface area contributed by atoms with E-state index in [0.29, 0.717) is 80.1 Å². The summed E-state index contributed by atoms with van der Waals surface area (Å²) in [5, 5.41) is 48.1. The van der Waals surface area contributed by atoms with E-state index in [1.165, 1.54) is 56.5 Å². The van der Waals surface area contributed by atoms with Gasteiger partial charge in [0.05, 0.1) is 57.1 Å². The number of hydrogen-bond acceptors (Lipinski definition) is 13. The molecule has 4 aromatic rings. The minimum atomic E-state index is -5.99. The van der Waals surface area contributed by atoms with Crippen LogP contribution in [0.25, 0.3) is 0 Å². The Balaban J connectivity index is 0.000000189. The fourth-order valence-corrected chi connectivity index (χ4v) is 26.6. The van der Waals surface area contributed by atoms with Crippen molar-refractivity contribution in [2.24, 2.45) is 52.9 Å². The lowest BCUT2D eigenvalue weighted by molar-refractivity contribution is -0.362. The number of nitrogens with zero attached hydrogens (tertiary/aromatic N) is 2. The van der Waals surface area contributed by atoms with Gasteiger partial charge in [0.2, 0.25) is 0 Å². The minimum absolute atomic E-state index is 0.00889. The molecule has 2 heterocycles. The van der Waals surface area contributed by atoms with E-state index in [4.69, 9.17) is 18.9 Å². The van der Waals surface area contributed by atoms with Crippen molar-refractivity contribution in [2.45, 2.75) is 248 Å². The Bertz CT molecular complexity index is 4600. The number of hydrogen-bond donors (Lipinski definition) is 4. The molecule has 0 aromatic heterocycles. The van der Waals surface area contributed by atoms with Gasteiger partial charge in [-0.3, -0.25) is 0 Å². The molecule has 2 saturated heterocycles. The van der Waals surface area contributed by atoms with Crippen LogP contribution in [0.2, 0.25) is 0 Å². The molecule has 8 aliphatic carbocycles. The Morgan fingerprint density at radius 3 is 1.18 bits per heavy atom. The number of ether oxygens (including phenoxy) is 4. The Labute approximate surface area is 622 Å². The van der Waals surface area contributed by atoms with Crippen LogP contribution in [0.4, 0.5) is 43.9 Å². The lowest BCUT2D eigenvalue weighted by Gasteiger charge is -2.59. The SMILES string of the molecule is Cc1ccc(S(=O)(=O)N=S(C)(=O)c2ccc([C@H]3C[C@@]4(C)C(CC[C@@]4(O)C(F)(F)C(F)(F)F)C4CC[C@@]5(O)CC6(CCC5=C43)OCC(C)(C)CO6)cc2)cc1.Cc1ccc(S(=O)(=O)N=S(C)c2ccc([C@H]3C[C@@]4(C)C(CC[C@@]4(O)C(F)(F)C(F)(F)F)C4CC[C@@]5(O)CC6(CCC5=C43)OCC(C)(C)CO6)cc2)cc1. The van der Waals surface area contributed by atoms with E-state index in [1.54, 1.807) is 73.8 Å². The lowest BCUT2D eigenvalue weighted by atomic mass is 9.49. The summed E-state index contributed by atoms with van der Waals surface area (Å²) in [5.74, 6) is -16.6. The molecule has 29 heteroatoms. The molecule has 0 amide bonds. The van der Waals surface area contributed by atoms with E-state index < -0.39 is 158 Å². The molecule has 590 valence electrons. The fourth-order valence-electron chi connectivity index (χ4n) is 20.4. The Kier molecular flexibility index (Phi) is 19.9. The summed E-state index contributed by atoms with van der Waals surface area (Å²) in [6, 6.07) is 25.2. The van der Waals surface area contributed by atoms with Crippen LogP contribution in [0.15, 0.2) is 146 Å². The lowest BCUT2D eigenvalue weighted by Crippen LogP contribution is -2.65. The molecule has 6 unspecified atom stereocenters. The molecular formula is C78H96F10N2O13S4. The summed E-state index contributed by atoms with van der Waals surface area (Å²) in [4.78, 5) is 0.602. The highest BCUT2D eigenvalue weighted by atomic mass is 32.3. The minimum Gasteiger partial charge on any atom is -0.385 e. The molecule has 0 bridgehead atoms. The van der Waals surface area contributed by atoms with E-state index in [-0.39, 0.29) is 83.3 Å². The number of halogens is 10. The van der Waals surface area contributed by atoms with Gasteiger partial charge in [0.15, 0.2) is 11.6 Å². The van der Waals surface area contributed by atoms with Crippen LogP contribution in [0, 0.1) is 59.2 Å². The summed E-state index contributed by atoms with van der Waals surface area (Å²) in [7, 11) is -12.9. The smallest absolute Gasteiger partial charge is 0.385 e. The molecule has 14 rings (SSSR count). The second kappa shape index (κ2) is 26.5. The summed E-state index contributed by atoms with van der Waals surface area (Å²) in [6.07, 6.45) is -8.01. The first kappa shape index (κ1) is 80.4. The normalized spacial score (nSPS) is 34.8. The van der Waals surface area contributed by atoms with E-state index in [0.717, 1.165) is 27.8 Å². The van der Waals surface area contributed by atoms with E-state index >= 15 is 17.6 Å². The molecule has 4 aromatic carbocycles. The highest BCUT2D eigenvalue weighted by Crippen LogP contribution is 2.74. The van der Waals surface area contributed by atoms with Crippen molar-refractivity contribution < 1.29 is 104 Å². The van der Waals surface area contributed by atoms with Gasteiger partial charge in [-0.05, 0) is 192 Å². The van der Waals surface area contributed by atoms with Gasteiger partial charge in [0.25, 0.3) is 20.0 Å². The molecule has 2 aliphatic heterocycles. The Morgan fingerprint density at radius 2 is 0.813 bits per heavy atom. The number of allylic oxidation sites excluding steroid dienone is 2. The van der Waals surface area contributed by atoms with Gasteiger partial charge < -0.3 is 39.4 Å². The van der Waals surface area contributed by atoms with Crippen LogP contribution in [-0.4, -0.2) is 139 Å². The van der Waals surface area contributed by atoms with Crippen LogP contribution in [-0.2, 0) is 59.4 Å². The number of alkyl halides is 10. The molecule has 14 atom stereocenters. The van der Waals surface area contributed by atoms with Gasteiger partial charge in [-0.25, -0.2) is 4.21 Å². The average molecular weight is 1590 g/mol. The number of sulfonamides is 2. The fraction of sp³-hybridized carbons (Fsp3) is 0.641. The average Bonchev–Trinajstić information content (AvgIpc) is 1.59. The monoisotopic (exact) mass is 1590 g/mol. The predicted molar refractivity (Wildman–Crippen MR) is 381 cm³/mol. The zero-order chi connectivity index (χ0) is 78.2. The van der Waals surface area contributed by atoms with Crippen molar-refractivity contribution in [3.05, 3.63) is 142 Å². The zero-order valence-corrected chi connectivity index (χ0v) is 64.9. The maximum absolute atomic E-state index is 15.5. The molecule has 8 fully saturated rings. The van der Waals surface area contributed by atoms with Crippen molar-refractivity contribution in [3.63, 3.8) is 0 Å². The van der Waals surface area contributed by atoms with Crippen molar-refractivity contribution in [3.8, 4) is 0 Å². The third-order valence-electron chi connectivity index (χ3n) is 26.2. The molecule has 0 radical (unpaired) electrons. The molecule has 107 heavy (non-hydrogen) atoms. The first-order valence-electron chi connectivity index (χ1n) is 36.5. The third-order valence-corrected chi connectivity index (χ3v) is 33.7. The Hall–Kier alpha value is -4.66. The largest absolute Gasteiger partial charge is 0.456 e. The van der Waals surface area contributed by atoms with Crippen LogP contribution < -0.4 is 0 Å². The topological polar surface area (TPSA) is 228 Å². The molecular weight excluding hydrogens is 1490 g/mol. The van der Waals surface area contributed by atoms with E-state index in [1.807, 2.05) is 34.6 Å². The Morgan fingerprint density at radius 1 is 0.467 bits per heavy atom. The quantitative estimate of drug-likeness (QED) is 0.0857. The number of fused-ring (bicyclic) bond motifs is 8. The maximum atomic E-state index is 15.5. The molecule has 15 nitrogen and oxygen atoms in total. The second-order valence-electron chi connectivity index (χ2n) is 34.5. The number of aliphatic hydroxyl groups is 4. The van der Waals surface area contributed by atoms with Gasteiger partial charge in [0, 0.05) is 75.2 Å². The third kappa shape index (κ3) is 13.5. The highest BCUT2D eigenvalue weighted by molar-refractivity contribution is 8.03. The predicted octanol–water partition coefficient (Wildman–Crippen LogP) is 16.5. The van der Waals surface area contributed by atoms with Gasteiger partial charge in [-0.1, -0.05) is 123 Å². The van der Waals surface area contributed by atoms with E-state index in [2.05, 4.69) is 7.54 Å². The second-order valence-corrected chi connectivity index (χ2v) is 42.1. The zero-order valence-electron chi connectivity index (χ0n) is 61.6. The first-order valence-corrected chi connectivity index (χ1v) is 42.9. The van der Waals surface area contributed by atoms with Crippen molar-refractivity contribution in [2.75, 3.05) is 38.9 Å². The van der Waals surface area contributed by atoms with Gasteiger partial charge in [-0.2, -0.15) is 60.7 Å². The summed E-state index contributed by atoms with van der Waals surface area (Å²) >= 11 is 0. The first-order chi connectivity index (χ1) is 49.3. The molecule has 4 N–H and O–H groups in total. The van der Waals surface area contributed by atoms with Crippen LogP contribution in [0.3, 0.4) is 0 Å². The van der Waals surface area contributed by atoms with Gasteiger partial charge in [0.1, 0.15) is 11.2 Å². The number of aryl methyl sites for hydroxylation is 2. The van der Waals surface area contributed by atoms with Gasteiger partial charge in [-0.15, -0.1) is 7.54 Å². The number of rotatable bonds is 10. The van der Waals surface area contributed by atoms with Crippen molar-refractivity contribution in [1.82, 2.24) is 0 Å². The standard InChI is InChI=1S/C39H48F5NO7S2.C39H48F5NO6S2/c1-24-6-10-27(11-7-24)54(49,50)45-53(5,48)26-12-8-25(9-13-26)29-20-34(4)30(16-19-37(34,47)38(40,41)39(42,43)44)28-14-17-35(46)21-36(18-15-31(35)32(28)29)51-22-33(2,3)23-52-36;1-24-6-12-27(13-7-24)53(48,49)45-52(5)26-10-8-25(9-11-26)29-20-34(4)30(16-19-37(34,47)38(40,41)39(42,43)44)28-14-17-35(46)21-36(18-15-31(35)32(28)29)50-22-33(2,3)23-51-36/h6-13,28-30,46-47H,14-23H2,1-5H3;6-13,28-30,46-47H,14-23H2,1-5H3/t28?,29-,30?,34+,35-,37+,53?;28?,29-,30?,34+,35-,37+,52?/m11/s1. The van der Waals surface area contributed by atoms with Crippen LogP contribution in [0.5, 0.6) is 0 Å². The van der Waals surface area contributed by atoms with Crippen LogP contribution >= 0.6 is 0 Å². The van der Waals surface area contributed by atoms with Crippen molar-refractivity contribution in [1.29, 1.82) is 0 Å². The maximum Gasteiger partial charge on any atom is 0.456 e. The van der Waals surface area contributed by atoms with Crippen LogP contribution in [0.1, 0.15) is 178 Å². The molecule has 10 aliphatic rings. The van der Waals surface area contributed by atoms with Gasteiger partial charge >= 0.3 is 24.2 Å². The van der Waals surface area contributed by atoms with Crippen molar-refractivity contribution >= 4 is 40.5 Å². The highest BCUT2D eigenvalue weighted by Gasteiger charge is 2.81. The summed E-state index contributed by atoms with van der Waals surface area (Å²) in [6.45, 7) is 16.2. The summed E-state index contributed by atoms with van der Waals surface area (Å²) in [5.41, 5.74) is -7.62. The van der Waals surface area contributed by atoms with E-state index in [9.17, 15) is 67.8 Å². The molecule has 6 saturated carbocycles. The summed E-state index contributed by atoms with van der Waals surface area (Å²) < 4.78 is 245.